The van der Waals surface area contributed by atoms with Crippen LogP contribution in [0.1, 0.15) is 95.1 Å². The molecular formula is C22H36O3. The van der Waals surface area contributed by atoms with Crippen molar-refractivity contribution in [2.24, 2.45) is 0 Å². The Balaban J connectivity index is 2.17. The van der Waals surface area contributed by atoms with Crippen molar-refractivity contribution in [3.8, 4) is 5.75 Å². The van der Waals surface area contributed by atoms with Gasteiger partial charge < -0.3 is 10.2 Å². The first-order valence-corrected chi connectivity index (χ1v) is 10.2. The summed E-state index contributed by atoms with van der Waals surface area (Å²) >= 11 is 0. The predicted octanol–water partition coefficient (Wildman–Crippen LogP) is 6.26. The number of phenolic OH excluding ortho intramolecular Hbond substituents is 1. The fourth-order valence-electron chi connectivity index (χ4n) is 3.21. The third-order valence-electron chi connectivity index (χ3n) is 4.81. The molecule has 1 rings (SSSR count). The monoisotopic (exact) mass is 348 g/mol. The van der Waals surface area contributed by atoms with Crippen LogP contribution in [0.4, 0.5) is 0 Å². The molecule has 0 unspecified atom stereocenters. The van der Waals surface area contributed by atoms with Crippen molar-refractivity contribution in [3.63, 3.8) is 0 Å². The van der Waals surface area contributed by atoms with Gasteiger partial charge in [0.2, 0.25) is 0 Å². The van der Waals surface area contributed by atoms with Crippen LogP contribution >= 0.6 is 0 Å². The molecule has 0 spiro atoms. The molecule has 0 aromatic heterocycles. The second-order valence-electron chi connectivity index (χ2n) is 7.14. The van der Waals surface area contributed by atoms with Crippen molar-refractivity contribution in [1.82, 2.24) is 0 Å². The summed E-state index contributed by atoms with van der Waals surface area (Å²) in [7, 11) is 0. The number of phenols is 1. The Morgan fingerprint density at radius 2 is 1.44 bits per heavy atom. The van der Waals surface area contributed by atoms with Crippen LogP contribution in [-0.4, -0.2) is 16.2 Å². The molecule has 0 saturated carbocycles. The van der Waals surface area contributed by atoms with Crippen molar-refractivity contribution < 1.29 is 15.0 Å². The molecule has 0 aliphatic rings. The summed E-state index contributed by atoms with van der Waals surface area (Å²) in [5, 5.41) is 18.8. The minimum absolute atomic E-state index is 0.262. The van der Waals surface area contributed by atoms with Crippen LogP contribution in [0.2, 0.25) is 0 Å². The highest BCUT2D eigenvalue weighted by atomic mass is 16.4. The smallest absolute Gasteiger partial charge is 0.303 e. The molecule has 2 N–H and O–H groups in total. The molecule has 3 nitrogen and oxygen atoms in total. The zero-order valence-corrected chi connectivity index (χ0v) is 15.9. The van der Waals surface area contributed by atoms with Gasteiger partial charge in [-0.2, -0.15) is 0 Å². The first kappa shape index (κ1) is 21.5. The number of rotatable bonds is 15. The number of hydrogen-bond acceptors (Lipinski definition) is 2. The molecule has 0 aliphatic heterocycles. The number of benzene rings is 1. The lowest BCUT2D eigenvalue weighted by atomic mass is 10.00. The van der Waals surface area contributed by atoms with Gasteiger partial charge in [-0.25, -0.2) is 0 Å². The number of aliphatic carboxylic acids is 1. The minimum atomic E-state index is -0.714. The second-order valence-corrected chi connectivity index (χ2v) is 7.14. The first-order valence-electron chi connectivity index (χ1n) is 10.2. The van der Waals surface area contributed by atoms with E-state index in [0.717, 1.165) is 44.1 Å². The number of aromatic hydroxyl groups is 1. The van der Waals surface area contributed by atoms with Gasteiger partial charge in [0.15, 0.2) is 0 Å². The number of carbonyl (C=O) groups is 1. The Hall–Kier alpha value is -1.51. The number of carboxylic acids is 1. The van der Waals surface area contributed by atoms with E-state index in [2.05, 4.69) is 19.1 Å². The first-order chi connectivity index (χ1) is 12.1. The van der Waals surface area contributed by atoms with Crippen LogP contribution in [-0.2, 0) is 17.6 Å². The third-order valence-corrected chi connectivity index (χ3v) is 4.81. The Labute approximate surface area is 153 Å². The summed E-state index contributed by atoms with van der Waals surface area (Å²) in [5.74, 6) is -0.292. The van der Waals surface area contributed by atoms with E-state index in [0.29, 0.717) is 5.75 Å². The molecule has 3 heteroatoms. The van der Waals surface area contributed by atoms with E-state index in [9.17, 15) is 9.90 Å². The molecular weight excluding hydrogens is 312 g/mol. The molecule has 0 heterocycles. The molecule has 0 aliphatic carbocycles. The van der Waals surface area contributed by atoms with Gasteiger partial charge >= 0.3 is 5.97 Å². The third kappa shape index (κ3) is 10.9. The van der Waals surface area contributed by atoms with Gasteiger partial charge in [0.25, 0.3) is 0 Å². The number of hydrogen-bond donors (Lipinski definition) is 2. The van der Waals surface area contributed by atoms with E-state index >= 15 is 0 Å². The topological polar surface area (TPSA) is 57.5 Å². The second kappa shape index (κ2) is 13.7. The summed E-state index contributed by atoms with van der Waals surface area (Å²) in [6.07, 6.45) is 15.1. The summed E-state index contributed by atoms with van der Waals surface area (Å²) < 4.78 is 0. The van der Waals surface area contributed by atoms with Crippen LogP contribution in [0, 0.1) is 0 Å². The van der Waals surface area contributed by atoms with Crippen LogP contribution in [0.15, 0.2) is 18.2 Å². The lowest BCUT2D eigenvalue weighted by Crippen LogP contribution is -1.94. The molecule has 0 atom stereocenters. The highest BCUT2D eigenvalue weighted by molar-refractivity contribution is 5.66. The SMILES string of the molecule is CCCCCCCCCc1ccc(CCCCCCC(=O)O)c(O)c1. The maximum absolute atomic E-state index is 10.5. The van der Waals surface area contributed by atoms with Crippen LogP contribution < -0.4 is 0 Å². The van der Waals surface area contributed by atoms with Gasteiger partial charge in [-0.1, -0.05) is 70.4 Å². The molecule has 0 bridgehead atoms. The Morgan fingerprint density at radius 3 is 2.08 bits per heavy atom. The van der Waals surface area contributed by atoms with Crippen molar-refractivity contribution in [2.75, 3.05) is 0 Å². The normalized spacial score (nSPS) is 10.9. The average Bonchev–Trinajstić information content (AvgIpc) is 2.58. The van der Waals surface area contributed by atoms with E-state index in [1.807, 2.05) is 6.07 Å². The fourth-order valence-corrected chi connectivity index (χ4v) is 3.21. The molecule has 0 radical (unpaired) electrons. The van der Waals surface area contributed by atoms with Crippen molar-refractivity contribution in [1.29, 1.82) is 0 Å². The standard InChI is InChI=1S/C22H36O3/c1-2-3-4-5-6-7-10-13-19-16-17-20(21(23)18-19)14-11-8-9-12-15-22(24)25/h16-18,23H,2-15H2,1H3,(H,24,25). The largest absolute Gasteiger partial charge is 0.508 e. The van der Waals surface area contributed by atoms with Crippen molar-refractivity contribution in [2.45, 2.75) is 96.8 Å². The quantitative estimate of drug-likeness (QED) is 0.368. The lowest BCUT2D eigenvalue weighted by molar-refractivity contribution is -0.137. The minimum Gasteiger partial charge on any atom is -0.508 e. The zero-order chi connectivity index (χ0) is 18.3. The Kier molecular flexibility index (Phi) is 11.8. The van der Waals surface area contributed by atoms with Crippen LogP contribution in [0.25, 0.3) is 0 Å². The van der Waals surface area contributed by atoms with Crippen LogP contribution in [0.5, 0.6) is 5.75 Å². The Bertz CT molecular complexity index is 482. The van der Waals surface area contributed by atoms with Gasteiger partial charge in [0.1, 0.15) is 5.75 Å². The highest BCUT2D eigenvalue weighted by Crippen LogP contribution is 2.22. The van der Waals surface area contributed by atoms with Gasteiger partial charge in [-0.15, -0.1) is 0 Å². The maximum Gasteiger partial charge on any atom is 0.303 e. The Morgan fingerprint density at radius 1 is 0.840 bits per heavy atom. The van der Waals surface area contributed by atoms with Crippen LogP contribution in [0.3, 0.4) is 0 Å². The molecule has 142 valence electrons. The molecule has 1 aromatic rings. The zero-order valence-electron chi connectivity index (χ0n) is 15.9. The summed E-state index contributed by atoms with van der Waals surface area (Å²) in [6, 6.07) is 6.14. The maximum atomic E-state index is 10.5. The van der Waals surface area contributed by atoms with Gasteiger partial charge in [0, 0.05) is 6.42 Å². The van der Waals surface area contributed by atoms with E-state index < -0.39 is 5.97 Å². The van der Waals surface area contributed by atoms with E-state index in [1.54, 1.807) is 0 Å². The summed E-state index contributed by atoms with van der Waals surface area (Å²) in [4.78, 5) is 10.5. The van der Waals surface area contributed by atoms with Gasteiger partial charge in [0.05, 0.1) is 0 Å². The highest BCUT2D eigenvalue weighted by Gasteiger charge is 2.04. The summed E-state index contributed by atoms with van der Waals surface area (Å²) in [5.41, 5.74) is 2.25. The van der Waals surface area contributed by atoms with E-state index in [4.69, 9.17) is 5.11 Å². The lowest BCUT2D eigenvalue weighted by Gasteiger charge is -2.08. The van der Waals surface area contributed by atoms with Crippen molar-refractivity contribution >= 4 is 5.97 Å². The number of aryl methyl sites for hydroxylation is 2. The molecule has 0 saturated heterocycles. The summed E-state index contributed by atoms with van der Waals surface area (Å²) in [6.45, 7) is 2.25. The van der Waals surface area contributed by atoms with Gasteiger partial charge in [-0.05, 0) is 49.3 Å². The number of carboxylic acid groups (broad SMARTS) is 1. The van der Waals surface area contributed by atoms with E-state index in [-0.39, 0.29) is 6.42 Å². The molecule has 0 fully saturated rings. The van der Waals surface area contributed by atoms with Crippen molar-refractivity contribution in [3.05, 3.63) is 29.3 Å². The molecule has 1 aromatic carbocycles. The fraction of sp³-hybridized carbons (Fsp3) is 0.682. The molecule has 25 heavy (non-hydrogen) atoms. The molecule has 0 amide bonds. The number of unbranched alkanes of at least 4 members (excludes halogenated alkanes) is 9. The predicted molar refractivity (Wildman–Crippen MR) is 104 cm³/mol. The van der Waals surface area contributed by atoms with E-state index in [1.165, 1.54) is 50.5 Å². The average molecular weight is 349 g/mol. The van der Waals surface area contributed by atoms with Gasteiger partial charge in [-0.3, -0.25) is 4.79 Å².